The molecule has 1 saturated heterocycles. The number of benzene rings is 1. The van der Waals surface area contributed by atoms with Gasteiger partial charge in [-0.25, -0.2) is 9.97 Å². The van der Waals surface area contributed by atoms with Crippen molar-refractivity contribution in [1.82, 2.24) is 14.9 Å². The second-order valence-electron chi connectivity index (χ2n) is 6.82. The van der Waals surface area contributed by atoms with E-state index in [4.69, 9.17) is 0 Å². The lowest BCUT2D eigenvalue weighted by Gasteiger charge is -2.39. The molecule has 2 heterocycles. The Labute approximate surface area is 148 Å². The molecule has 0 radical (unpaired) electrons. The van der Waals surface area contributed by atoms with Crippen LogP contribution in [-0.4, -0.2) is 47.0 Å². The average Bonchev–Trinajstić information content (AvgIpc) is 2.58. The van der Waals surface area contributed by atoms with Crippen LogP contribution in [0.25, 0.3) is 11.0 Å². The molecule has 0 spiro atoms. The number of carbonyl (C=O) groups excluding carboxylic acids is 1. The number of hydrogen-bond acceptors (Lipinski definition) is 4. The molecular weight excluding hydrogens is 345 g/mol. The fourth-order valence-electron chi connectivity index (χ4n) is 3.45. The number of nitrogens with zero attached hydrogens (tertiary/aromatic N) is 4. The second-order valence-corrected chi connectivity index (χ2v) is 6.82. The number of para-hydroxylation sites is 2. The molecule has 8 heteroatoms. The first-order valence-corrected chi connectivity index (χ1v) is 8.81. The third-order valence-corrected chi connectivity index (χ3v) is 5.17. The van der Waals surface area contributed by atoms with Crippen molar-refractivity contribution in [3.8, 4) is 0 Å². The standard InChI is InChI=1S/C18H19F3N4O/c19-18(20,21)15-16(23-14-7-2-1-6-13(14)22-15)24-8-10-25(11-9-24)17(26)12-4-3-5-12/h1-2,6-7,12H,3-5,8-11H2. The van der Waals surface area contributed by atoms with Gasteiger partial charge in [0, 0.05) is 32.1 Å². The van der Waals surface area contributed by atoms with Crippen molar-refractivity contribution in [3.63, 3.8) is 0 Å². The van der Waals surface area contributed by atoms with Crippen LogP contribution in [-0.2, 0) is 11.0 Å². The highest BCUT2D eigenvalue weighted by Crippen LogP contribution is 2.36. The largest absolute Gasteiger partial charge is 0.437 e. The molecule has 1 saturated carbocycles. The van der Waals surface area contributed by atoms with E-state index in [2.05, 4.69) is 9.97 Å². The van der Waals surface area contributed by atoms with Crippen LogP contribution in [0.2, 0.25) is 0 Å². The Balaban J connectivity index is 1.59. The van der Waals surface area contributed by atoms with Crippen molar-refractivity contribution < 1.29 is 18.0 Å². The smallest absolute Gasteiger partial charge is 0.351 e. The van der Waals surface area contributed by atoms with E-state index in [1.807, 2.05) is 0 Å². The summed E-state index contributed by atoms with van der Waals surface area (Å²) >= 11 is 0. The summed E-state index contributed by atoms with van der Waals surface area (Å²) in [5, 5.41) is 0. The lowest BCUT2D eigenvalue weighted by molar-refractivity contribution is -0.141. The average molecular weight is 364 g/mol. The molecule has 2 aliphatic rings. The number of halogens is 3. The Morgan fingerprint density at radius 3 is 2.15 bits per heavy atom. The van der Waals surface area contributed by atoms with Crippen molar-refractivity contribution in [2.24, 2.45) is 5.92 Å². The summed E-state index contributed by atoms with van der Waals surface area (Å²) in [7, 11) is 0. The van der Waals surface area contributed by atoms with E-state index in [9.17, 15) is 18.0 Å². The van der Waals surface area contributed by atoms with Crippen LogP contribution in [0.4, 0.5) is 19.0 Å². The van der Waals surface area contributed by atoms with Gasteiger partial charge in [-0.15, -0.1) is 0 Å². The highest BCUT2D eigenvalue weighted by Gasteiger charge is 2.39. The Kier molecular flexibility index (Phi) is 4.20. The molecule has 5 nitrogen and oxygen atoms in total. The van der Waals surface area contributed by atoms with Crippen LogP contribution in [0.1, 0.15) is 25.0 Å². The predicted octanol–water partition coefficient (Wildman–Crippen LogP) is 3.10. The van der Waals surface area contributed by atoms with E-state index in [0.29, 0.717) is 31.7 Å². The van der Waals surface area contributed by atoms with Gasteiger partial charge >= 0.3 is 6.18 Å². The first-order chi connectivity index (χ1) is 12.4. The SMILES string of the molecule is O=C(C1CCC1)N1CCN(c2nc3ccccc3nc2C(F)(F)F)CC1. The minimum absolute atomic E-state index is 0.104. The lowest BCUT2D eigenvalue weighted by atomic mass is 9.84. The molecule has 1 aromatic heterocycles. The zero-order valence-electron chi connectivity index (χ0n) is 14.2. The van der Waals surface area contributed by atoms with Crippen molar-refractivity contribution >= 4 is 22.8 Å². The number of alkyl halides is 3. The molecule has 1 aliphatic carbocycles. The Bertz CT molecular complexity index is 827. The Morgan fingerprint density at radius 1 is 1.00 bits per heavy atom. The number of anilines is 1. The zero-order chi connectivity index (χ0) is 18.3. The van der Waals surface area contributed by atoms with Crippen LogP contribution >= 0.6 is 0 Å². The maximum atomic E-state index is 13.5. The molecule has 0 unspecified atom stereocenters. The number of hydrogen-bond donors (Lipinski definition) is 0. The Hall–Kier alpha value is -2.38. The first kappa shape index (κ1) is 17.1. The third-order valence-electron chi connectivity index (χ3n) is 5.17. The number of piperazine rings is 1. The minimum Gasteiger partial charge on any atom is -0.351 e. The normalized spacial score (nSPS) is 18.9. The number of amides is 1. The fourth-order valence-corrected chi connectivity index (χ4v) is 3.45. The van der Waals surface area contributed by atoms with Gasteiger partial charge in [0.15, 0.2) is 11.5 Å². The monoisotopic (exact) mass is 364 g/mol. The van der Waals surface area contributed by atoms with Gasteiger partial charge in [0.2, 0.25) is 5.91 Å². The van der Waals surface area contributed by atoms with Gasteiger partial charge in [0.05, 0.1) is 11.0 Å². The molecule has 0 N–H and O–H groups in total. The molecule has 4 rings (SSSR count). The van der Waals surface area contributed by atoms with Gasteiger partial charge in [-0.1, -0.05) is 18.6 Å². The number of aromatic nitrogens is 2. The van der Waals surface area contributed by atoms with E-state index in [0.717, 1.165) is 19.3 Å². The van der Waals surface area contributed by atoms with Crippen LogP contribution in [0.5, 0.6) is 0 Å². The van der Waals surface area contributed by atoms with Crippen molar-refractivity contribution in [2.75, 3.05) is 31.1 Å². The molecule has 1 amide bonds. The summed E-state index contributed by atoms with van der Waals surface area (Å²) in [5.74, 6) is 0.0937. The highest BCUT2D eigenvalue weighted by atomic mass is 19.4. The molecular formula is C18H19F3N4O. The topological polar surface area (TPSA) is 49.3 Å². The Morgan fingerprint density at radius 2 is 1.62 bits per heavy atom. The molecule has 0 bridgehead atoms. The third kappa shape index (κ3) is 3.08. The second kappa shape index (κ2) is 6.41. The molecule has 2 fully saturated rings. The molecule has 26 heavy (non-hydrogen) atoms. The minimum atomic E-state index is -4.58. The van der Waals surface area contributed by atoms with Gasteiger partial charge in [-0.3, -0.25) is 4.79 Å². The van der Waals surface area contributed by atoms with Crippen molar-refractivity contribution in [2.45, 2.75) is 25.4 Å². The zero-order valence-corrected chi connectivity index (χ0v) is 14.2. The molecule has 0 atom stereocenters. The van der Waals surface area contributed by atoms with E-state index in [1.54, 1.807) is 28.0 Å². The van der Waals surface area contributed by atoms with Crippen molar-refractivity contribution in [1.29, 1.82) is 0 Å². The highest BCUT2D eigenvalue weighted by molar-refractivity contribution is 5.80. The summed E-state index contributed by atoms with van der Waals surface area (Å²) in [6.07, 6.45) is -1.65. The molecule has 2 aromatic rings. The summed E-state index contributed by atoms with van der Waals surface area (Å²) in [5.41, 5.74) is -0.305. The molecule has 138 valence electrons. The van der Waals surface area contributed by atoms with Crippen LogP contribution in [0.15, 0.2) is 24.3 Å². The van der Waals surface area contributed by atoms with Gasteiger partial charge in [-0.05, 0) is 25.0 Å². The van der Waals surface area contributed by atoms with E-state index < -0.39 is 11.9 Å². The van der Waals surface area contributed by atoms with Gasteiger partial charge in [0.1, 0.15) is 0 Å². The fraction of sp³-hybridized carbons (Fsp3) is 0.500. The summed E-state index contributed by atoms with van der Waals surface area (Å²) in [6, 6.07) is 6.55. The van der Waals surface area contributed by atoms with Crippen LogP contribution < -0.4 is 4.90 Å². The van der Waals surface area contributed by atoms with Gasteiger partial charge in [0.25, 0.3) is 0 Å². The van der Waals surface area contributed by atoms with E-state index in [-0.39, 0.29) is 23.2 Å². The predicted molar refractivity (Wildman–Crippen MR) is 90.7 cm³/mol. The van der Waals surface area contributed by atoms with Crippen LogP contribution in [0.3, 0.4) is 0 Å². The lowest BCUT2D eigenvalue weighted by Crippen LogP contribution is -2.51. The molecule has 1 aliphatic heterocycles. The number of fused-ring (bicyclic) bond motifs is 1. The molecule has 1 aromatic carbocycles. The maximum Gasteiger partial charge on any atom is 0.437 e. The number of rotatable bonds is 2. The van der Waals surface area contributed by atoms with E-state index in [1.165, 1.54) is 6.07 Å². The van der Waals surface area contributed by atoms with E-state index >= 15 is 0 Å². The summed E-state index contributed by atoms with van der Waals surface area (Å²) < 4.78 is 40.5. The van der Waals surface area contributed by atoms with Gasteiger partial charge < -0.3 is 9.80 Å². The summed E-state index contributed by atoms with van der Waals surface area (Å²) in [4.78, 5) is 23.7. The summed E-state index contributed by atoms with van der Waals surface area (Å²) in [6.45, 7) is 1.49. The first-order valence-electron chi connectivity index (χ1n) is 8.81. The van der Waals surface area contributed by atoms with Crippen molar-refractivity contribution in [3.05, 3.63) is 30.0 Å². The number of carbonyl (C=O) groups is 1. The van der Waals surface area contributed by atoms with Gasteiger partial charge in [-0.2, -0.15) is 13.2 Å². The maximum absolute atomic E-state index is 13.5. The quantitative estimate of drug-likeness (QED) is 0.822. The van der Waals surface area contributed by atoms with Crippen LogP contribution in [0, 0.1) is 5.92 Å².